The first-order chi connectivity index (χ1) is 8.74. The molecule has 2 rings (SSSR count). The number of para-hydroxylation sites is 1. The average Bonchev–Trinajstić information content (AvgIpc) is 2.41. The zero-order chi connectivity index (χ0) is 13.0. The van der Waals surface area contributed by atoms with Crippen molar-refractivity contribution in [1.29, 1.82) is 0 Å². The molecule has 3 atom stereocenters. The molecule has 1 aromatic carbocycles. The second-order valence-electron chi connectivity index (χ2n) is 5.17. The molecule has 0 aliphatic heterocycles. The van der Waals surface area contributed by atoms with E-state index in [0.29, 0.717) is 24.1 Å². The number of hydrogen-bond donors (Lipinski definition) is 1. The zero-order valence-electron chi connectivity index (χ0n) is 10.9. The minimum absolute atomic E-state index is 0.0607. The van der Waals surface area contributed by atoms with Gasteiger partial charge in [-0.3, -0.25) is 0 Å². The molecule has 18 heavy (non-hydrogen) atoms. The molecule has 100 valence electrons. The lowest BCUT2D eigenvalue weighted by Crippen LogP contribution is -2.38. The minimum atomic E-state index is -0.285. The fourth-order valence-corrected chi connectivity index (χ4v) is 2.76. The standard InChI is InChI=1S/C15H22FNO/c1-2-11-7-8-12(10-17)15(9-11)18-14-6-4-3-5-13(14)16/h3-6,11-12,15H,2,7-10,17H2,1H3. The molecule has 0 spiro atoms. The van der Waals surface area contributed by atoms with Crippen LogP contribution in [-0.4, -0.2) is 12.6 Å². The molecule has 0 bridgehead atoms. The second kappa shape index (κ2) is 6.19. The van der Waals surface area contributed by atoms with E-state index in [2.05, 4.69) is 6.92 Å². The van der Waals surface area contributed by atoms with Crippen LogP contribution in [0, 0.1) is 17.7 Å². The van der Waals surface area contributed by atoms with E-state index in [4.69, 9.17) is 10.5 Å². The van der Waals surface area contributed by atoms with Crippen molar-refractivity contribution in [1.82, 2.24) is 0 Å². The van der Waals surface area contributed by atoms with Crippen LogP contribution in [0.4, 0.5) is 4.39 Å². The molecule has 2 N–H and O–H groups in total. The molecule has 1 aliphatic rings. The van der Waals surface area contributed by atoms with Crippen molar-refractivity contribution >= 4 is 0 Å². The summed E-state index contributed by atoms with van der Waals surface area (Å²) in [6.45, 7) is 2.82. The maximum Gasteiger partial charge on any atom is 0.165 e. The third-order valence-corrected chi connectivity index (χ3v) is 4.03. The number of ether oxygens (including phenoxy) is 1. The quantitative estimate of drug-likeness (QED) is 0.890. The van der Waals surface area contributed by atoms with Gasteiger partial charge in [-0.05, 0) is 43.9 Å². The Labute approximate surface area is 108 Å². The largest absolute Gasteiger partial charge is 0.487 e. The van der Waals surface area contributed by atoms with Gasteiger partial charge in [0.25, 0.3) is 0 Å². The van der Waals surface area contributed by atoms with E-state index in [1.807, 2.05) is 0 Å². The molecule has 1 fully saturated rings. The summed E-state index contributed by atoms with van der Waals surface area (Å²) >= 11 is 0. The zero-order valence-corrected chi connectivity index (χ0v) is 10.9. The summed E-state index contributed by atoms with van der Waals surface area (Å²) in [7, 11) is 0. The topological polar surface area (TPSA) is 35.2 Å². The first-order valence-electron chi connectivity index (χ1n) is 6.85. The molecule has 0 heterocycles. The minimum Gasteiger partial charge on any atom is -0.487 e. The molecule has 3 unspecified atom stereocenters. The van der Waals surface area contributed by atoms with Crippen LogP contribution >= 0.6 is 0 Å². The average molecular weight is 251 g/mol. The summed E-state index contributed by atoms with van der Waals surface area (Å²) in [6.07, 6.45) is 4.52. The fourth-order valence-electron chi connectivity index (χ4n) is 2.76. The van der Waals surface area contributed by atoms with Gasteiger partial charge in [0.2, 0.25) is 0 Å². The number of hydrogen-bond acceptors (Lipinski definition) is 2. The molecule has 0 amide bonds. The predicted octanol–water partition coefficient (Wildman–Crippen LogP) is 3.36. The third kappa shape index (κ3) is 3.02. The van der Waals surface area contributed by atoms with Gasteiger partial charge in [-0.1, -0.05) is 25.5 Å². The first kappa shape index (κ1) is 13.3. The highest BCUT2D eigenvalue weighted by molar-refractivity contribution is 5.24. The lowest BCUT2D eigenvalue weighted by Gasteiger charge is -2.35. The Balaban J connectivity index is 2.07. The lowest BCUT2D eigenvalue weighted by atomic mass is 9.78. The van der Waals surface area contributed by atoms with Crippen molar-refractivity contribution in [2.24, 2.45) is 17.6 Å². The molecule has 0 radical (unpaired) electrons. The molecule has 1 saturated carbocycles. The highest BCUT2D eigenvalue weighted by Crippen LogP contribution is 2.33. The summed E-state index contributed by atoms with van der Waals surface area (Å²) < 4.78 is 19.5. The van der Waals surface area contributed by atoms with Gasteiger partial charge in [0.05, 0.1) is 0 Å². The van der Waals surface area contributed by atoms with Gasteiger partial charge in [-0.2, -0.15) is 0 Å². The Morgan fingerprint density at radius 1 is 1.33 bits per heavy atom. The maximum atomic E-state index is 13.6. The number of halogens is 1. The molecule has 0 aromatic heterocycles. The van der Waals surface area contributed by atoms with Crippen LogP contribution in [0.5, 0.6) is 5.75 Å². The molecular formula is C15H22FNO. The fraction of sp³-hybridized carbons (Fsp3) is 0.600. The summed E-state index contributed by atoms with van der Waals surface area (Å²) in [5, 5.41) is 0. The van der Waals surface area contributed by atoms with E-state index in [9.17, 15) is 4.39 Å². The third-order valence-electron chi connectivity index (χ3n) is 4.03. The first-order valence-corrected chi connectivity index (χ1v) is 6.85. The van der Waals surface area contributed by atoms with Gasteiger partial charge in [0, 0.05) is 5.92 Å². The van der Waals surface area contributed by atoms with Gasteiger partial charge in [0.1, 0.15) is 6.10 Å². The Kier molecular flexibility index (Phi) is 4.59. The highest BCUT2D eigenvalue weighted by atomic mass is 19.1. The summed E-state index contributed by atoms with van der Waals surface area (Å²) in [5.74, 6) is 1.11. The van der Waals surface area contributed by atoms with E-state index in [1.54, 1.807) is 18.2 Å². The van der Waals surface area contributed by atoms with Gasteiger partial charge < -0.3 is 10.5 Å². The monoisotopic (exact) mass is 251 g/mol. The molecular weight excluding hydrogens is 229 g/mol. The highest BCUT2D eigenvalue weighted by Gasteiger charge is 2.30. The maximum absolute atomic E-state index is 13.6. The number of nitrogens with two attached hydrogens (primary N) is 1. The molecule has 1 aliphatic carbocycles. The van der Waals surface area contributed by atoms with Gasteiger partial charge >= 0.3 is 0 Å². The summed E-state index contributed by atoms with van der Waals surface area (Å²) in [6, 6.07) is 6.61. The Hall–Kier alpha value is -1.09. The Morgan fingerprint density at radius 3 is 2.78 bits per heavy atom. The smallest absolute Gasteiger partial charge is 0.165 e. The van der Waals surface area contributed by atoms with Crippen LogP contribution in [0.3, 0.4) is 0 Å². The Morgan fingerprint density at radius 2 is 2.11 bits per heavy atom. The van der Waals surface area contributed by atoms with Gasteiger partial charge in [-0.25, -0.2) is 4.39 Å². The second-order valence-corrected chi connectivity index (χ2v) is 5.17. The molecule has 0 saturated heterocycles. The predicted molar refractivity (Wildman–Crippen MR) is 71.0 cm³/mol. The van der Waals surface area contributed by atoms with Crippen molar-refractivity contribution in [3.05, 3.63) is 30.1 Å². The SMILES string of the molecule is CCC1CCC(CN)C(Oc2ccccc2F)C1. The summed E-state index contributed by atoms with van der Waals surface area (Å²) in [4.78, 5) is 0. The molecule has 3 heteroatoms. The summed E-state index contributed by atoms with van der Waals surface area (Å²) in [5.41, 5.74) is 5.80. The lowest BCUT2D eigenvalue weighted by molar-refractivity contribution is 0.0651. The van der Waals surface area contributed by atoms with Crippen LogP contribution in [0.2, 0.25) is 0 Å². The normalized spacial score (nSPS) is 28.1. The van der Waals surface area contributed by atoms with E-state index in [-0.39, 0.29) is 11.9 Å². The van der Waals surface area contributed by atoms with Crippen molar-refractivity contribution < 1.29 is 9.13 Å². The van der Waals surface area contributed by atoms with E-state index >= 15 is 0 Å². The van der Waals surface area contributed by atoms with Gasteiger partial charge in [-0.15, -0.1) is 0 Å². The van der Waals surface area contributed by atoms with Crippen LogP contribution in [-0.2, 0) is 0 Å². The van der Waals surface area contributed by atoms with Crippen LogP contribution < -0.4 is 10.5 Å². The van der Waals surface area contributed by atoms with Crippen LogP contribution in [0.25, 0.3) is 0 Å². The Bertz CT molecular complexity index is 383. The van der Waals surface area contributed by atoms with Crippen molar-refractivity contribution in [2.75, 3.05) is 6.54 Å². The van der Waals surface area contributed by atoms with Crippen LogP contribution in [0.15, 0.2) is 24.3 Å². The number of benzene rings is 1. The van der Waals surface area contributed by atoms with Gasteiger partial charge in [0.15, 0.2) is 11.6 Å². The van der Waals surface area contributed by atoms with Crippen LogP contribution in [0.1, 0.15) is 32.6 Å². The van der Waals surface area contributed by atoms with E-state index in [1.165, 1.54) is 12.5 Å². The van der Waals surface area contributed by atoms with E-state index < -0.39 is 0 Å². The number of rotatable bonds is 4. The van der Waals surface area contributed by atoms with E-state index in [0.717, 1.165) is 19.3 Å². The molecule has 2 nitrogen and oxygen atoms in total. The van der Waals surface area contributed by atoms with Crippen molar-refractivity contribution in [2.45, 2.75) is 38.7 Å². The molecule has 1 aromatic rings. The van der Waals surface area contributed by atoms with Crippen molar-refractivity contribution in [3.8, 4) is 5.75 Å². The van der Waals surface area contributed by atoms with Crippen molar-refractivity contribution in [3.63, 3.8) is 0 Å².